The molecule has 3 N–H and O–H groups in total. The molecule has 19 heavy (non-hydrogen) atoms. The van der Waals surface area contributed by atoms with Gasteiger partial charge in [-0.05, 0) is 50.0 Å². The van der Waals surface area contributed by atoms with Crippen LogP contribution in [0.4, 0.5) is 5.69 Å². The van der Waals surface area contributed by atoms with E-state index in [-0.39, 0.29) is 5.91 Å². The Morgan fingerprint density at radius 1 is 1.42 bits per heavy atom. The van der Waals surface area contributed by atoms with Crippen molar-refractivity contribution in [2.45, 2.75) is 19.8 Å². The number of nitrogens with one attached hydrogen (secondary N) is 1. The van der Waals surface area contributed by atoms with Crippen LogP contribution in [0.15, 0.2) is 18.2 Å². The van der Waals surface area contributed by atoms with Gasteiger partial charge in [-0.1, -0.05) is 0 Å². The fraction of sp³-hybridized carbons (Fsp3) is 0.500. The number of thioether (sulfide) groups is 1. The van der Waals surface area contributed by atoms with Gasteiger partial charge in [-0.2, -0.15) is 11.8 Å². The second kappa shape index (κ2) is 8.69. The molecule has 0 radical (unpaired) electrons. The van der Waals surface area contributed by atoms with Crippen molar-refractivity contribution in [2.24, 2.45) is 0 Å². The highest BCUT2D eigenvalue weighted by Crippen LogP contribution is 2.22. The molecule has 0 bridgehead atoms. The number of carbonyl (C=O) groups is 1. The Bertz CT molecular complexity index is 410. The maximum Gasteiger partial charge on any atom is 0.251 e. The molecule has 0 aliphatic heterocycles. The van der Waals surface area contributed by atoms with Gasteiger partial charge in [-0.15, -0.1) is 0 Å². The lowest BCUT2D eigenvalue weighted by Crippen LogP contribution is -2.24. The van der Waals surface area contributed by atoms with Crippen LogP contribution in [0.3, 0.4) is 0 Å². The van der Waals surface area contributed by atoms with Crippen molar-refractivity contribution < 1.29 is 9.53 Å². The topological polar surface area (TPSA) is 64.3 Å². The molecule has 1 rings (SSSR count). The van der Waals surface area contributed by atoms with Gasteiger partial charge in [0.2, 0.25) is 0 Å². The van der Waals surface area contributed by atoms with E-state index in [9.17, 15) is 4.79 Å². The molecule has 0 spiro atoms. The molecule has 0 aliphatic rings. The highest BCUT2D eigenvalue weighted by Gasteiger charge is 2.08. The van der Waals surface area contributed by atoms with Gasteiger partial charge in [-0.25, -0.2) is 0 Å². The van der Waals surface area contributed by atoms with E-state index >= 15 is 0 Å². The summed E-state index contributed by atoms with van der Waals surface area (Å²) in [5.41, 5.74) is 6.90. The van der Waals surface area contributed by atoms with Gasteiger partial charge in [-0.3, -0.25) is 4.79 Å². The molecule has 0 fully saturated rings. The van der Waals surface area contributed by atoms with E-state index in [1.165, 1.54) is 0 Å². The van der Waals surface area contributed by atoms with Gasteiger partial charge < -0.3 is 15.8 Å². The highest BCUT2D eigenvalue weighted by atomic mass is 32.2. The summed E-state index contributed by atoms with van der Waals surface area (Å²) in [6.07, 6.45) is 4.20. The van der Waals surface area contributed by atoms with E-state index in [0.717, 1.165) is 18.6 Å². The fourth-order valence-corrected chi connectivity index (χ4v) is 2.14. The molecule has 0 aliphatic carbocycles. The third-order valence-electron chi connectivity index (χ3n) is 2.63. The van der Waals surface area contributed by atoms with Crippen LogP contribution < -0.4 is 15.8 Å². The van der Waals surface area contributed by atoms with E-state index in [2.05, 4.69) is 11.6 Å². The summed E-state index contributed by atoms with van der Waals surface area (Å²) in [6.45, 7) is 3.16. The predicted octanol–water partition coefficient (Wildman–Crippen LogP) is 2.54. The lowest BCUT2D eigenvalue weighted by Gasteiger charge is -2.09. The van der Waals surface area contributed by atoms with Crippen LogP contribution in [0.2, 0.25) is 0 Å². The molecular formula is C14H22N2O2S. The van der Waals surface area contributed by atoms with Crippen molar-refractivity contribution in [1.29, 1.82) is 0 Å². The number of hydrogen-bond donors (Lipinski definition) is 2. The minimum Gasteiger partial charge on any atom is -0.492 e. The van der Waals surface area contributed by atoms with Gasteiger partial charge in [0, 0.05) is 12.1 Å². The molecule has 0 saturated carbocycles. The minimum absolute atomic E-state index is 0.0844. The molecule has 106 valence electrons. The summed E-state index contributed by atoms with van der Waals surface area (Å²) in [6, 6.07) is 5.13. The molecule has 0 heterocycles. The Balaban J connectivity index is 2.46. The minimum atomic E-state index is -0.0844. The summed E-state index contributed by atoms with van der Waals surface area (Å²) in [4.78, 5) is 11.9. The number of hydrogen-bond acceptors (Lipinski definition) is 4. The summed E-state index contributed by atoms with van der Waals surface area (Å²) >= 11 is 1.82. The fourth-order valence-electron chi connectivity index (χ4n) is 1.65. The first-order valence-corrected chi connectivity index (χ1v) is 7.88. The Labute approximate surface area is 119 Å². The van der Waals surface area contributed by atoms with E-state index in [0.29, 0.717) is 30.2 Å². The second-order valence-corrected chi connectivity index (χ2v) is 5.13. The number of rotatable bonds is 8. The largest absolute Gasteiger partial charge is 0.492 e. The summed E-state index contributed by atoms with van der Waals surface area (Å²) in [5.74, 6) is 1.67. The average Bonchev–Trinajstić information content (AvgIpc) is 2.41. The van der Waals surface area contributed by atoms with Crippen LogP contribution in [0.1, 0.15) is 30.1 Å². The highest BCUT2D eigenvalue weighted by molar-refractivity contribution is 7.98. The molecule has 4 nitrogen and oxygen atoms in total. The third-order valence-corrected chi connectivity index (χ3v) is 3.33. The molecule has 0 unspecified atom stereocenters. The van der Waals surface area contributed by atoms with Gasteiger partial charge in [0.25, 0.3) is 5.91 Å². The Kier molecular flexibility index (Phi) is 7.18. The SMILES string of the molecule is CCOc1ccc(C(=O)NCCCCSC)cc1N. The average molecular weight is 282 g/mol. The zero-order chi connectivity index (χ0) is 14.1. The van der Waals surface area contributed by atoms with E-state index < -0.39 is 0 Å². The van der Waals surface area contributed by atoms with Crippen LogP contribution in [0.5, 0.6) is 5.75 Å². The molecule has 1 aromatic carbocycles. The van der Waals surface area contributed by atoms with Crippen molar-refractivity contribution in [3.8, 4) is 5.75 Å². The lowest BCUT2D eigenvalue weighted by atomic mass is 10.1. The summed E-state index contributed by atoms with van der Waals surface area (Å²) in [7, 11) is 0. The third kappa shape index (κ3) is 5.42. The number of anilines is 1. The van der Waals surface area contributed by atoms with E-state index in [1.807, 2.05) is 18.7 Å². The number of ether oxygens (including phenoxy) is 1. The zero-order valence-electron chi connectivity index (χ0n) is 11.6. The molecule has 5 heteroatoms. The summed E-state index contributed by atoms with van der Waals surface area (Å²) in [5, 5.41) is 2.89. The summed E-state index contributed by atoms with van der Waals surface area (Å²) < 4.78 is 5.34. The standard InChI is InChI=1S/C14H22N2O2S/c1-3-18-13-7-6-11(10-12(13)15)14(17)16-8-4-5-9-19-2/h6-7,10H,3-5,8-9,15H2,1-2H3,(H,16,17). The Morgan fingerprint density at radius 2 is 2.21 bits per heavy atom. The molecule has 0 aromatic heterocycles. The lowest BCUT2D eigenvalue weighted by molar-refractivity contribution is 0.0953. The number of nitrogen functional groups attached to an aromatic ring is 1. The smallest absolute Gasteiger partial charge is 0.251 e. The first kappa shape index (κ1) is 15.7. The van der Waals surface area contributed by atoms with Gasteiger partial charge in [0.15, 0.2) is 0 Å². The zero-order valence-corrected chi connectivity index (χ0v) is 12.4. The first-order valence-electron chi connectivity index (χ1n) is 6.48. The van der Waals surface area contributed by atoms with Crippen molar-refractivity contribution >= 4 is 23.4 Å². The Morgan fingerprint density at radius 3 is 2.84 bits per heavy atom. The maximum absolute atomic E-state index is 11.9. The van der Waals surface area contributed by atoms with E-state index in [1.54, 1.807) is 18.2 Å². The molecule has 1 amide bonds. The van der Waals surface area contributed by atoms with Crippen molar-refractivity contribution in [3.05, 3.63) is 23.8 Å². The van der Waals surface area contributed by atoms with Gasteiger partial charge >= 0.3 is 0 Å². The molecule has 1 aromatic rings. The van der Waals surface area contributed by atoms with Crippen molar-refractivity contribution in [3.63, 3.8) is 0 Å². The number of amides is 1. The molecular weight excluding hydrogens is 260 g/mol. The quantitative estimate of drug-likeness (QED) is 0.568. The van der Waals surface area contributed by atoms with Gasteiger partial charge in [0.05, 0.1) is 12.3 Å². The number of benzene rings is 1. The van der Waals surface area contributed by atoms with Crippen LogP contribution in [-0.4, -0.2) is 31.1 Å². The van der Waals surface area contributed by atoms with Crippen LogP contribution in [-0.2, 0) is 0 Å². The van der Waals surface area contributed by atoms with Crippen LogP contribution in [0.25, 0.3) is 0 Å². The second-order valence-electron chi connectivity index (χ2n) is 4.14. The Hall–Kier alpha value is -1.36. The molecule has 0 atom stereocenters. The maximum atomic E-state index is 11.9. The van der Waals surface area contributed by atoms with Gasteiger partial charge in [0.1, 0.15) is 5.75 Å². The van der Waals surface area contributed by atoms with Crippen LogP contribution in [0, 0.1) is 0 Å². The first-order chi connectivity index (χ1) is 9.19. The predicted molar refractivity (Wildman–Crippen MR) is 82.0 cm³/mol. The monoisotopic (exact) mass is 282 g/mol. The van der Waals surface area contributed by atoms with Crippen molar-refractivity contribution in [2.75, 3.05) is 30.9 Å². The number of carbonyl (C=O) groups excluding carboxylic acids is 1. The number of nitrogens with two attached hydrogens (primary N) is 1. The van der Waals surface area contributed by atoms with E-state index in [4.69, 9.17) is 10.5 Å². The van der Waals surface area contributed by atoms with Crippen molar-refractivity contribution in [1.82, 2.24) is 5.32 Å². The number of unbranched alkanes of at least 4 members (excludes halogenated alkanes) is 1. The normalized spacial score (nSPS) is 10.2. The van der Waals surface area contributed by atoms with Crippen LogP contribution >= 0.6 is 11.8 Å². The molecule has 0 saturated heterocycles.